The number of rotatable bonds is 5. The van der Waals surface area contributed by atoms with Crippen molar-refractivity contribution in [3.63, 3.8) is 0 Å². The maximum atomic E-state index is 11.8. The Morgan fingerprint density at radius 1 is 1.32 bits per heavy atom. The van der Waals surface area contributed by atoms with E-state index in [0.29, 0.717) is 11.8 Å². The zero-order chi connectivity index (χ0) is 14.4. The fourth-order valence-electron chi connectivity index (χ4n) is 2.63. The number of aliphatic hydroxyl groups is 1. The van der Waals surface area contributed by atoms with E-state index in [9.17, 15) is 9.59 Å². The van der Waals surface area contributed by atoms with Gasteiger partial charge in [-0.15, -0.1) is 0 Å². The van der Waals surface area contributed by atoms with Gasteiger partial charge in [-0.2, -0.15) is 0 Å². The highest BCUT2D eigenvalue weighted by atomic mass is 16.4. The summed E-state index contributed by atoms with van der Waals surface area (Å²) in [6, 6.07) is -1.41. The van der Waals surface area contributed by atoms with Crippen LogP contribution in [0.4, 0.5) is 4.79 Å². The molecule has 0 radical (unpaired) electrons. The van der Waals surface area contributed by atoms with Gasteiger partial charge in [0.05, 0.1) is 0 Å². The molecule has 1 saturated carbocycles. The molecule has 6 heteroatoms. The molecule has 0 bridgehead atoms. The smallest absolute Gasteiger partial charge is 0.326 e. The summed E-state index contributed by atoms with van der Waals surface area (Å²) in [5.74, 6) is -0.0533. The van der Waals surface area contributed by atoms with E-state index in [1.807, 2.05) is 0 Å². The lowest BCUT2D eigenvalue weighted by molar-refractivity contribution is -0.139. The number of carbonyl (C=O) groups excluding carboxylic acids is 1. The average Bonchev–Trinajstić information content (AvgIpc) is 2.32. The molecule has 4 N–H and O–H groups in total. The van der Waals surface area contributed by atoms with Crippen molar-refractivity contribution in [3.8, 4) is 0 Å². The molecule has 4 atom stereocenters. The third-order valence-electron chi connectivity index (χ3n) is 3.77. The first kappa shape index (κ1) is 15.8. The summed E-state index contributed by atoms with van der Waals surface area (Å²) in [7, 11) is 0. The van der Waals surface area contributed by atoms with E-state index in [4.69, 9.17) is 10.2 Å². The van der Waals surface area contributed by atoms with E-state index in [2.05, 4.69) is 24.5 Å². The highest BCUT2D eigenvalue weighted by Crippen LogP contribution is 2.28. The van der Waals surface area contributed by atoms with Gasteiger partial charge in [0.2, 0.25) is 0 Å². The van der Waals surface area contributed by atoms with Crippen LogP contribution in [0, 0.1) is 11.8 Å². The molecule has 110 valence electrons. The van der Waals surface area contributed by atoms with Crippen LogP contribution < -0.4 is 10.6 Å². The quantitative estimate of drug-likeness (QED) is 0.598. The first-order chi connectivity index (χ1) is 8.93. The van der Waals surface area contributed by atoms with Crippen molar-refractivity contribution in [3.05, 3.63) is 0 Å². The normalized spacial score (nSPS) is 28.5. The Morgan fingerprint density at radius 2 is 2.00 bits per heavy atom. The van der Waals surface area contributed by atoms with Gasteiger partial charge >= 0.3 is 12.0 Å². The Hall–Kier alpha value is -1.30. The molecule has 2 amide bonds. The van der Waals surface area contributed by atoms with Gasteiger partial charge in [0, 0.05) is 19.1 Å². The van der Waals surface area contributed by atoms with E-state index in [1.165, 1.54) is 0 Å². The Bertz CT molecular complexity index is 322. The highest BCUT2D eigenvalue weighted by molar-refractivity contribution is 5.82. The first-order valence-corrected chi connectivity index (χ1v) is 6.84. The van der Waals surface area contributed by atoms with E-state index in [1.54, 1.807) is 0 Å². The summed E-state index contributed by atoms with van der Waals surface area (Å²) in [6.45, 7) is 4.03. The van der Waals surface area contributed by atoms with Crippen molar-refractivity contribution >= 4 is 12.0 Å². The maximum absolute atomic E-state index is 11.8. The van der Waals surface area contributed by atoms with Crippen LogP contribution in [-0.2, 0) is 4.79 Å². The number of hydrogen-bond donors (Lipinski definition) is 4. The van der Waals surface area contributed by atoms with Crippen molar-refractivity contribution in [2.75, 3.05) is 6.61 Å². The van der Waals surface area contributed by atoms with E-state index < -0.39 is 18.0 Å². The Morgan fingerprint density at radius 3 is 2.53 bits per heavy atom. The fraction of sp³-hybridized carbons (Fsp3) is 0.846. The number of amides is 2. The van der Waals surface area contributed by atoms with Crippen molar-refractivity contribution < 1.29 is 19.8 Å². The monoisotopic (exact) mass is 272 g/mol. The second kappa shape index (κ2) is 7.33. The van der Waals surface area contributed by atoms with E-state index in [0.717, 1.165) is 19.3 Å². The molecule has 19 heavy (non-hydrogen) atoms. The van der Waals surface area contributed by atoms with Crippen LogP contribution in [0.15, 0.2) is 0 Å². The summed E-state index contributed by atoms with van der Waals surface area (Å²) in [4.78, 5) is 22.6. The molecule has 0 heterocycles. The molecule has 0 saturated heterocycles. The number of nitrogens with one attached hydrogen (secondary N) is 2. The number of aliphatic carboxylic acids is 1. The van der Waals surface area contributed by atoms with Crippen LogP contribution in [0.25, 0.3) is 0 Å². The van der Waals surface area contributed by atoms with Crippen LogP contribution in [0.2, 0.25) is 0 Å². The lowest BCUT2D eigenvalue weighted by Gasteiger charge is -2.33. The predicted octanol–water partition coefficient (Wildman–Crippen LogP) is 0.946. The topological polar surface area (TPSA) is 98.7 Å². The van der Waals surface area contributed by atoms with Gasteiger partial charge in [-0.05, 0) is 31.1 Å². The van der Waals surface area contributed by atoms with Crippen molar-refractivity contribution in [2.24, 2.45) is 11.8 Å². The molecular weight excluding hydrogens is 248 g/mol. The molecule has 1 fully saturated rings. The van der Waals surface area contributed by atoms with Crippen LogP contribution in [0.3, 0.4) is 0 Å². The molecule has 1 aliphatic rings. The van der Waals surface area contributed by atoms with Crippen LogP contribution in [0.1, 0.15) is 39.5 Å². The van der Waals surface area contributed by atoms with Crippen LogP contribution >= 0.6 is 0 Å². The minimum atomic E-state index is -1.13. The van der Waals surface area contributed by atoms with Gasteiger partial charge in [-0.25, -0.2) is 9.59 Å². The summed E-state index contributed by atoms with van der Waals surface area (Å²) in [6.07, 6.45) is 3.09. The third-order valence-corrected chi connectivity index (χ3v) is 3.77. The lowest BCUT2D eigenvalue weighted by atomic mass is 9.80. The molecule has 4 unspecified atom stereocenters. The molecule has 0 aromatic carbocycles. The number of hydrogen-bond acceptors (Lipinski definition) is 3. The zero-order valence-corrected chi connectivity index (χ0v) is 11.6. The van der Waals surface area contributed by atoms with Crippen molar-refractivity contribution in [1.82, 2.24) is 10.6 Å². The Kier molecular flexibility index (Phi) is 6.08. The van der Waals surface area contributed by atoms with E-state index >= 15 is 0 Å². The summed E-state index contributed by atoms with van der Waals surface area (Å²) in [5.41, 5.74) is 0. The maximum Gasteiger partial charge on any atom is 0.326 e. The largest absolute Gasteiger partial charge is 0.480 e. The van der Waals surface area contributed by atoms with Crippen LogP contribution in [-0.4, -0.2) is 40.9 Å². The van der Waals surface area contributed by atoms with Gasteiger partial charge in [0.1, 0.15) is 6.04 Å². The number of aliphatic hydroxyl groups excluding tert-OH is 1. The molecule has 0 aromatic rings. The summed E-state index contributed by atoms with van der Waals surface area (Å²) >= 11 is 0. The fourth-order valence-corrected chi connectivity index (χ4v) is 2.63. The second-order valence-corrected chi connectivity index (χ2v) is 5.52. The number of carbonyl (C=O) groups is 2. The molecule has 1 aliphatic carbocycles. The number of urea groups is 1. The van der Waals surface area contributed by atoms with Gasteiger partial charge in [0.25, 0.3) is 0 Å². The number of carboxylic acids is 1. The number of carboxylic acid groups (broad SMARTS) is 1. The third kappa shape index (κ3) is 5.06. The molecule has 0 aromatic heterocycles. The second-order valence-electron chi connectivity index (χ2n) is 5.52. The molecule has 1 rings (SSSR count). The average molecular weight is 272 g/mol. The van der Waals surface area contributed by atoms with Gasteiger partial charge in [-0.1, -0.05) is 13.8 Å². The minimum Gasteiger partial charge on any atom is -0.480 e. The molecule has 6 nitrogen and oxygen atoms in total. The first-order valence-electron chi connectivity index (χ1n) is 6.84. The molecular formula is C13H24N2O4. The lowest BCUT2D eigenvalue weighted by Crippen LogP contribution is -2.51. The Balaban J connectivity index is 2.43. The minimum absolute atomic E-state index is 0.0139. The Labute approximate surface area is 113 Å². The van der Waals surface area contributed by atoms with Gasteiger partial charge in [0.15, 0.2) is 0 Å². The van der Waals surface area contributed by atoms with Crippen molar-refractivity contribution in [1.29, 1.82) is 0 Å². The van der Waals surface area contributed by atoms with Crippen molar-refractivity contribution in [2.45, 2.75) is 51.6 Å². The molecule has 0 spiro atoms. The highest BCUT2D eigenvalue weighted by Gasteiger charge is 2.27. The molecule has 0 aliphatic heterocycles. The SMILES string of the molecule is CC1CCC(NC(=O)NC(CCO)C(=O)O)C(C)C1. The zero-order valence-electron chi connectivity index (χ0n) is 11.6. The van der Waals surface area contributed by atoms with E-state index in [-0.39, 0.29) is 19.1 Å². The summed E-state index contributed by atoms with van der Waals surface area (Å²) < 4.78 is 0. The van der Waals surface area contributed by atoms with Crippen LogP contribution in [0.5, 0.6) is 0 Å². The standard InChI is InChI=1S/C13H24N2O4/c1-8-3-4-10(9(2)7-8)14-13(19)15-11(5-6-16)12(17)18/h8-11,16H,3-7H2,1-2H3,(H,17,18)(H2,14,15,19). The van der Waals surface area contributed by atoms with Gasteiger partial charge in [-0.3, -0.25) is 0 Å². The summed E-state index contributed by atoms with van der Waals surface area (Å²) in [5, 5.41) is 22.9. The predicted molar refractivity (Wildman–Crippen MR) is 70.8 cm³/mol. The van der Waals surface area contributed by atoms with Gasteiger partial charge < -0.3 is 20.8 Å².